The average Bonchev–Trinajstić information content (AvgIpc) is 2.70. The van der Waals surface area contributed by atoms with E-state index in [-0.39, 0.29) is 0 Å². The minimum Gasteiger partial charge on any atom is -0.330 e. The summed E-state index contributed by atoms with van der Waals surface area (Å²) in [4.78, 5) is 0. The van der Waals surface area contributed by atoms with Gasteiger partial charge in [0.25, 0.3) is 0 Å². The molecule has 2 rings (SSSR count). The van der Waals surface area contributed by atoms with Crippen LogP contribution in [0.25, 0.3) is 10.1 Å². The van der Waals surface area contributed by atoms with Gasteiger partial charge in [0, 0.05) is 27.0 Å². The normalized spacial score (nSPS) is 13.1. The molecule has 0 spiro atoms. The zero-order chi connectivity index (χ0) is 11.4. The molecule has 0 radical (unpaired) electrons. The van der Waals surface area contributed by atoms with Crippen molar-refractivity contribution in [2.24, 2.45) is 5.73 Å². The highest BCUT2D eigenvalue weighted by Crippen LogP contribution is 2.26. The van der Waals surface area contributed by atoms with Crippen molar-refractivity contribution in [3.8, 4) is 0 Å². The molecule has 0 amide bonds. The molecule has 4 heteroatoms. The zero-order valence-corrected chi connectivity index (χ0v) is 10.7. The summed E-state index contributed by atoms with van der Waals surface area (Å²) in [6, 6.07) is 8.27. The standard InChI is InChI=1S/C12H15NOS2/c13-6-3-7-16(14)9-10-8-15-12-5-2-1-4-11(10)12/h1-2,4-5,8H,3,6-7,9,13H2. The Bertz CT molecular complexity index is 492. The molecule has 2 aromatic rings. The Kier molecular flexibility index (Phi) is 4.09. The third kappa shape index (κ3) is 2.70. The van der Waals surface area contributed by atoms with Crippen LogP contribution in [0.3, 0.4) is 0 Å². The first-order chi connectivity index (χ1) is 7.81. The van der Waals surface area contributed by atoms with Gasteiger partial charge in [-0.05, 0) is 35.4 Å². The molecule has 1 heterocycles. The molecule has 2 N–H and O–H groups in total. The number of benzene rings is 1. The van der Waals surface area contributed by atoms with Gasteiger partial charge < -0.3 is 5.73 Å². The van der Waals surface area contributed by atoms with Crippen molar-refractivity contribution in [3.05, 3.63) is 35.2 Å². The first kappa shape index (κ1) is 11.8. The molecule has 0 aliphatic heterocycles. The second kappa shape index (κ2) is 5.57. The van der Waals surface area contributed by atoms with Crippen LogP contribution in [0, 0.1) is 0 Å². The van der Waals surface area contributed by atoms with Crippen molar-refractivity contribution < 1.29 is 4.21 Å². The highest BCUT2D eigenvalue weighted by atomic mass is 32.2. The van der Waals surface area contributed by atoms with E-state index < -0.39 is 10.8 Å². The maximum absolute atomic E-state index is 11.8. The smallest absolute Gasteiger partial charge is 0.0500 e. The summed E-state index contributed by atoms with van der Waals surface area (Å²) in [7, 11) is -0.779. The van der Waals surface area contributed by atoms with Crippen LogP contribution in [0.5, 0.6) is 0 Å². The SMILES string of the molecule is NCCCS(=O)Cc1csc2ccccc12. The number of hydrogen-bond acceptors (Lipinski definition) is 3. The van der Waals surface area contributed by atoms with Crippen molar-refractivity contribution >= 4 is 32.2 Å². The van der Waals surface area contributed by atoms with Crippen molar-refractivity contribution in [2.75, 3.05) is 12.3 Å². The molecular formula is C12H15NOS2. The number of fused-ring (bicyclic) bond motifs is 1. The lowest BCUT2D eigenvalue weighted by molar-refractivity contribution is 0.680. The minimum absolute atomic E-state index is 0.621. The van der Waals surface area contributed by atoms with Gasteiger partial charge in [0.05, 0.1) is 0 Å². The van der Waals surface area contributed by atoms with E-state index in [1.165, 1.54) is 15.6 Å². The van der Waals surface area contributed by atoms with E-state index in [2.05, 4.69) is 17.5 Å². The lowest BCUT2D eigenvalue weighted by Crippen LogP contribution is -2.07. The molecule has 1 atom stereocenters. The molecule has 2 nitrogen and oxygen atoms in total. The molecule has 0 bridgehead atoms. The second-order valence-electron chi connectivity index (χ2n) is 3.69. The van der Waals surface area contributed by atoms with Crippen LogP contribution in [-0.2, 0) is 16.6 Å². The maximum Gasteiger partial charge on any atom is 0.0500 e. The van der Waals surface area contributed by atoms with Crippen molar-refractivity contribution in [1.29, 1.82) is 0 Å². The van der Waals surface area contributed by atoms with E-state index in [9.17, 15) is 4.21 Å². The van der Waals surface area contributed by atoms with Crippen molar-refractivity contribution in [1.82, 2.24) is 0 Å². The molecular weight excluding hydrogens is 238 g/mol. The predicted molar refractivity (Wildman–Crippen MR) is 72.2 cm³/mol. The molecule has 86 valence electrons. The second-order valence-corrected chi connectivity index (χ2v) is 6.18. The third-order valence-corrected chi connectivity index (χ3v) is 4.84. The van der Waals surface area contributed by atoms with Gasteiger partial charge in [0.15, 0.2) is 0 Å². The largest absolute Gasteiger partial charge is 0.330 e. The number of nitrogens with two attached hydrogens (primary N) is 1. The van der Waals surface area contributed by atoms with E-state index in [1.807, 2.05) is 12.1 Å². The average molecular weight is 253 g/mol. The Hall–Kier alpha value is -0.710. The van der Waals surface area contributed by atoms with Gasteiger partial charge in [-0.25, -0.2) is 0 Å². The van der Waals surface area contributed by atoms with Crippen molar-refractivity contribution in [3.63, 3.8) is 0 Å². The summed E-state index contributed by atoms with van der Waals surface area (Å²) in [6.07, 6.45) is 0.842. The maximum atomic E-state index is 11.8. The summed E-state index contributed by atoms with van der Waals surface area (Å²) in [5, 5.41) is 3.36. The van der Waals surface area contributed by atoms with Crippen LogP contribution in [-0.4, -0.2) is 16.5 Å². The number of hydrogen-bond donors (Lipinski definition) is 1. The molecule has 1 aromatic carbocycles. The molecule has 1 unspecified atom stereocenters. The van der Waals surface area contributed by atoms with E-state index in [1.54, 1.807) is 11.3 Å². The van der Waals surface area contributed by atoms with Crippen LogP contribution < -0.4 is 5.73 Å². The van der Waals surface area contributed by atoms with E-state index in [0.29, 0.717) is 18.1 Å². The fraction of sp³-hybridized carbons (Fsp3) is 0.333. The summed E-state index contributed by atoms with van der Waals surface area (Å²) in [5.41, 5.74) is 6.61. The molecule has 0 aliphatic carbocycles. The Balaban J connectivity index is 2.12. The van der Waals surface area contributed by atoms with E-state index in [4.69, 9.17) is 5.73 Å². The molecule has 16 heavy (non-hydrogen) atoms. The molecule has 0 aliphatic rings. The molecule has 1 aromatic heterocycles. The lowest BCUT2D eigenvalue weighted by atomic mass is 10.2. The quantitative estimate of drug-likeness (QED) is 0.889. The highest BCUT2D eigenvalue weighted by Gasteiger charge is 2.06. The molecule has 0 fully saturated rings. The first-order valence-corrected chi connectivity index (χ1v) is 7.68. The van der Waals surface area contributed by atoms with Gasteiger partial charge in [0.2, 0.25) is 0 Å². The fourth-order valence-electron chi connectivity index (χ4n) is 1.63. The van der Waals surface area contributed by atoms with Gasteiger partial charge in [-0.2, -0.15) is 0 Å². The van der Waals surface area contributed by atoms with Gasteiger partial charge in [0.1, 0.15) is 0 Å². The van der Waals surface area contributed by atoms with Gasteiger partial charge >= 0.3 is 0 Å². The Morgan fingerprint density at radius 3 is 2.94 bits per heavy atom. The lowest BCUT2D eigenvalue weighted by Gasteiger charge is -2.00. The summed E-state index contributed by atoms with van der Waals surface area (Å²) < 4.78 is 13.0. The minimum atomic E-state index is -0.779. The Labute approximate surface area is 102 Å². The summed E-state index contributed by atoms with van der Waals surface area (Å²) in [5.74, 6) is 1.37. The van der Waals surface area contributed by atoms with Crippen LogP contribution in [0.2, 0.25) is 0 Å². The summed E-state index contributed by atoms with van der Waals surface area (Å²) in [6.45, 7) is 0.621. The highest BCUT2D eigenvalue weighted by molar-refractivity contribution is 7.84. The predicted octanol–water partition coefficient (Wildman–Crippen LogP) is 2.50. The Morgan fingerprint density at radius 1 is 1.31 bits per heavy atom. The third-order valence-electron chi connectivity index (χ3n) is 2.45. The molecule has 0 saturated heterocycles. The first-order valence-electron chi connectivity index (χ1n) is 5.31. The van der Waals surface area contributed by atoms with Crippen LogP contribution in [0.4, 0.5) is 0 Å². The number of rotatable bonds is 5. The molecule has 0 saturated carbocycles. The van der Waals surface area contributed by atoms with Crippen LogP contribution >= 0.6 is 11.3 Å². The van der Waals surface area contributed by atoms with Gasteiger partial charge in [-0.1, -0.05) is 18.2 Å². The van der Waals surface area contributed by atoms with Crippen molar-refractivity contribution in [2.45, 2.75) is 12.2 Å². The van der Waals surface area contributed by atoms with E-state index >= 15 is 0 Å². The van der Waals surface area contributed by atoms with E-state index in [0.717, 1.165) is 6.42 Å². The fourth-order valence-corrected chi connectivity index (χ4v) is 3.92. The summed E-state index contributed by atoms with van der Waals surface area (Å²) >= 11 is 1.72. The van der Waals surface area contributed by atoms with Crippen LogP contribution in [0.1, 0.15) is 12.0 Å². The van der Waals surface area contributed by atoms with Gasteiger partial charge in [-0.15, -0.1) is 11.3 Å². The van der Waals surface area contributed by atoms with Crippen LogP contribution in [0.15, 0.2) is 29.6 Å². The number of thiophene rings is 1. The van der Waals surface area contributed by atoms with Gasteiger partial charge in [-0.3, -0.25) is 4.21 Å². The monoisotopic (exact) mass is 253 g/mol. The zero-order valence-electron chi connectivity index (χ0n) is 9.02. The Morgan fingerprint density at radius 2 is 2.12 bits per heavy atom. The topological polar surface area (TPSA) is 43.1 Å².